The molecule has 0 aliphatic rings. The predicted molar refractivity (Wildman–Crippen MR) is 76.8 cm³/mol. The summed E-state index contributed by atoms with van der Waals surface area (Å²) in [6.45, 7) is 0. The number of aryl methyl sites for hydroxylation is 1. The number of Topliss-reactive ketones (excluding diaryl/α,β-unsaturated/α-hetero) is 1. The third kappa shape index (κ3) is 3.46. The fourth-order valence-electron chi connectivity index (χ4n) is 1.96. The Morgan fingerprint density at radius 1 is 1.20 bits per heavy atom. The van der Waals surface area contributed by atoms with E-state index in [1.54, 1.807) is 31.4 Å². The maximum Gasteiger partial charge on any atom is 0.163 e. The molecule has 2 rings (SSSR count). The van der Waals surface area contributed by atoms with Gasteiger partial charge in [-0.05, 0) is 36.2 Å². The molecule has 0 spiro atoms. The van der Waals surface area contributed by atoms with Crippen LogP contribution >= 0.6 is 0 Å². The van der Waals surface area contributed by atoms with Gasteiger partial charge in [-0.2, -0.15) is 5.26 Å². The Bertz CT molecular complexity index is 639. The molecule has 0 saturated heterocycles. The lowest BCUT2D eigenvalue weighted by Gasteiger charge is -2.04. The van der Waals surface area contributed by atoms with E-state index in [4.69, 9.17) is 10.00 Å². The molecule has 0 fully saturated rings. The van der Waals surface area contributed by atoms with Crippen LogP contribution in [0.1, 0.15) is 27.9 Å². The van der Waals surface area contributed by atoms with Crippen molar-refractivity contribution in [3.05, 3.63) is 65.2 Å². The summed E-state index contributed by atoms with van der Waals surface area (Å²) >= 11 is 0. The zero-order chi connectivity index (χ0) is 14.4. The molecule has 0 aromatic heterocycles. The molecule has 0 aliphatic heterocycles. The van der Waals surface area contributed by atoms with Crippen molar-refractivity contribution in [1.82, 2.24) is 0 Å². The van der Waals surface area contributed by atoms with E-state index in [-0.39, 0.29) is 5.78 Å². The highest BCUT2D eigenvalue weighted by molar-refractivity contribution is 5.96. The van der Waals surface area contributed by atoms with Crippen LogP contribution in [-0.2, 0) is 6.42 Å². The Morgan fingerprint density at radius 2 is 1.95 bits per heavy atom. The van der Waals surface area contributed by atoms with Crippen molar-refractivity contribution in [2.75, 3.05) is 7.11 Å². The number of nitriles is 1. The van der Waals surface area contributed by atoms with E-state index in [0.717, 1.165) is 11.3 Å². The second-order valence-electron chi connectivity index (χ2n) is 4.46. The Morgan fingerprint density at radius 3 is 2.60 bits per heavy atom. The second kappa shape index (κ2) is 6.53. The first-order valence-corrected chi connectivity index (χ1v) is 6.39. The lowest BCUT2D eigenvalue weighted by atomic mass is 10.0. The van der Waals surface area contributed by atoms with Gasteiger partial charge in [0.25, 0.3) is 0 Å². The molecular weight excluding hydrogens is 250 g/mol. The normalized spacial score (nSPS) is 9.80. The van der Waals surface area contributed by atoms with Crippen molar-refractivity contribution in [2.24, 2.45) is 0 Å². The third-order valence-corrected chi connectivity index (χ3v) is 3.11. The molecule has 0 saturated carbocycles. The topological polar surface area (TPSA) is 50.1 Å². The summed E-state index contributed by atoms with van der Waals surface area (Å²) in [5.74, 6) is 0.861. The first-order valence-electron chi connectivity index (χ1n) is 6.39. The fourth-order valence-corrected chi connectivity index (χ4v) is 1.96. The van der Waals surface area contributed by atoms with Crippen molar-refractivity contribution in [3.63, 3.8) is 0 Å². The summed E-state index contributed by atoms with van der Waals surface area (Å²) < 4.78 is 5.09. The average molecular weight is 265 g/mol. The van der Waals surface area contributed by atoms with Gasteiger partial charge in [-0.25, -0.2) is 0 Å². The summed E-state index contributed by atoms with van der Waals surface area (Å²) in [5, 5.41) is 8.83. The number of nitrogens with zero attached hydrogens (tertiary/aromatic N) is 1. The van der Waals surface area contributed by atoms with Crippen molar-refractivity contribution in [1.29, 1.82) is 5.26 Å². The lowest BCUT2D eigenvalue weighted by Crippen LogP contribution is -2.01. The molecular formula is C17H15NO2. The number of benzene rings is 2. The van der Waals surface area contributed by atoms with Crippen LogP contribution in [0.25, 0.3) is 0 Å². The maximum absolute atomic E-state index is 12.1. The monoisotopic (exact) mass is 265 g/mol. The quantitative estimate of drug-likeness (QED) is 0.779. The number of rotatable bonds is 5. The predicted octanol–water partition coefficient (Wildman–Crippen LogP) is 3.38. The van der Waals surface area contributed by atoms with Crippen LogP contribution in [0.5, 0.6) is 5.75 Å². The van der Waals surface area contributed by atoms with Crippen LogP contribution in [0.15, 0.2) is 48.5 Å². The van der Waals surface area contributed by atoms with Crippen molar-refractivity contribution >= 4 is 5.78 Å². The van der Waals surface area contributed by atoms with Gasteiger partial charge in [0.2, 0.25) is 0 Å². The van der Waals surface area contributed by atoms with E-state index in [2.05, 4.69) is 0 Å². The first kappa shape index (κ1) is 13.8. The van der Waals surface area contributed by atoms with Crippen LogP contribution in [0.2, 0.25) is 0 Å². The number of carbonyl (C=O) groups is 1. The van der Waals surface area contributed by atoms with Gasteiger partial charge in [-0.15, -0.1) is 0 Å². The van der Waals surface area contributed by atoms with E-state index in [9.17, 15) is 4.79 Å². The third-order valence-electron chi connectivity index (χ3n) is 3.11. The molecule has 0 aliphatic carbocycles. The largest absolute Gasteiger partial charge is 0.497 e. The second-order valence-corrected chi connectivity index (χ2v) is 4.46. The summed E-state index contributed by atoms with van der Waals surface area (Å²) in [6.07, 6.45) is 1.11. The highest BCUT2D eigenvalue weighted by atomic mass is 16.5. The van der Waals surface area contributed by atoms with Crippen LogP contribution in [-0.4, -0.2) is 12.9 Å². The molecule has 0 radical (unpaired) electrons. The highest BCUT2D eigenvalue weighted by Crippen LogP contribution is 2.14. The van der Waals surface area contributed by atoms with Gasteiger partial charge in [0.05, 0.1) is 18.7 Å². The summed E-state index contributed by atoms with van der Waals surface area (Å²) in [6, 6.07) is 16.5. The molecule has 20 heavy (non-hydrogen) atoms. The first-order chi connectivity index (χ1) is 9.72. The average Bonchev–Trinajstić information content (AvgIpc) is 2.53. The number of ether oxygens (including phenoxy) is 1. The number of hydrogen-bond acceptors (Lipinski definition) is 3. The molecule has 0 bridgehead atoms. The molecule has 2 aromatic carbocycles. The molecule has 0 heterocycles. The van der Waals surface area contributed by atoms with Gasteiger partial charge in [-0.3, -0.25) is 4.79 Å². The van der Waals surface area contributed by atoms with Crippen LogP contribution in [0, 0.1) is 11.3 Å². The minimum atomic E-state index is 0.0536. The Hall–Kier alpha value is -2.60. The molecule has 0 amide bonds. The van der Waals surface area contributed by atoms with Gasteiger partial charge in [0.1, 0.15) is 5.75 Å². The molecule has 2 aromatic rings. The van der Waals surface area contributed by atoms with Gasteiger partial charge in [0.15, 0.2) is 5.78 Å². The lowest BCUT2D eigenvalue weighted by molar-refractivity contribution is 0.0983. The van der Waals surface area contributed by atoms with E-state index >= 15 is 0 Å². The fraction of sp³-hybridized carbons (Fsp3) is 0.176. The van der Waals surface area contributed by atoms with E-state index < -0.39 is 0 Å². The Labute approximate surface area is 118 Å². The Kier molecular flexibility index (Phi) is 4.52. The summed E-state index contributed by atoms with van der Waals surface area (Å²) in [5.41, 5.74) is 2.20. The molecule has 3 nitrogen and oxygen atoms in total. The zero-order valence-electron chi connectivity index (χ0n) is 11.3. The van der Waals surface area contributed by atoms with Gasteiger partial charge in [0, 0.05) is 12.0 Å². The van der Waals surface area contributed by atoms with E-state index in [1.807, 2.05) is 30.3 Å². The van der Waals surface area contributed by atoms with Crippen LogP contribution in [0.3, 0.4) is 0 Å². The molecule has 0 unspecified atom stereocenters. The zero-order valence-corrected chi connectivity index (χ0v) is 11.3. The van der Waals surface area contributed by atoms with Gasteiger partial charge in [-0.1, -0.05) is 24.3 Å². The molecule has 0 N–H and O–H groups in total. The maximum atomic E-state index is 12.1. The van der Waals surface area contributed by atoms with Crippen molar-refractivity contribution in [3.8, 4) is 11.8 Å². The summed E-state index contributed by atoms with van der Waals surface area (Å²) in [7, 11) is 1.63. The highest BCUT2D eigenvalue weighted by Gasteiger charge is 2.07. The van der Waals surface area contributed by atoms with E-state index in [1.165, 1.54) is 0 Å². The van der Waals surface area contributed by atoms with Gasteiger partial charge >= 0.3 is 0 Å². The SMILES string of the molecule is COc1ccc(CCC(=O)c2cccc(C#N)c2)cc1. The minimum Gasteiger partial charge on any atom is -0.497 e. The minimum absolute atomic E-state index is 0.0536. The number of methoxy groups -OCH3 is 1. The van der Waals surface area contributed by atoms with Crippen molar-refractivity contribution < 1.29 is 9.53 Å². The number of carbonyl (C=O) groups excluding carboxylic acids is 1. The van der Waals surface area contributed by atoms with E-state index in [0.29, 0.717) is 24.0 Å². The standard InChI is InChI=1S/C17H15NO2/c1-20-16-8-5-13(6-9-16)7-10-17(19)15-4-2-3-14(11-15)12-18/h2-6,8-9,11H,7,10H2,1H3. The Balaban J connectivity index is 1.99. The number of hydrogen-bond donors (Lipinski definition) is 0. The smallest absolute Gasteiger partial charge is 0.163 e. The number of ketones is 1. The van der Waals surface area contributed by atoms with Gasteiger partial charge < -0.3 is 4.74 Å². The molecule has 100 valence electrons. The van der Waals surface area contributed by atoms with Crippen molar-refractivity contribution in [2.45, 2.75) is 12.8 Å². The summed E-state index contributed by atoms with van der Waals surface area (Å²) in [4.78, 5) is 12.1. The molecule has 0 atom stereocenters. The van der Waals surface area contributed by atoms with Crippen LogP contribution in [0.4, 0.5) is 0 Å². The molecule has 3 heteroatoms. The van der Waals surface area contributed by atoms with Crippen LogP contribution < -0.4 is 4.74 Å².